The first kappa shape index (κ1) is 24.8. The van der Waals surface area contributed by atoms with Gasteiger partial charge in [0.2, 0.25) is 0 Å². The van der Waals surface area contributed by atoms with E-state index in [1.165, 1.54) is 7.11 Å². The van der Waals surface area contributed by atoms with Crippen molar-refractivity contribution < 1.29 is 28.9 Å². The molecule has 0 fully saturated rings. The summed E-state index contributed by atoms with van der Waals surface area (Å²) in [6.07, 6.45) is 0. The zero-order chi connectivity index (χ0) is 23.0. The number of hydrogen-bond donors (Lipinski definition) is 2. The number of dihydropyridines is 1. The molecule has 1 atom stereocenters. The van der Waals surface area contributed by atoms with Gasteiger partial charge in [-0.2, -0.15) is 0 Å². The summed E-state index contributed by atoms with van der Waals surface area (Å²) >= 11 is 12.7. The zero-order valence-corrected chi connectivity index (χ0v) is 18.9. The van der Waals surface area contributed by atoms with Gasteiger partial charge in [-0.1, -0.05) is 47.2 Å². The van der Waals surface area contributed by atoms with Crippen molar-refractivity contribution >= 4 is 35.1 Å². The Bertz CT molecular complexity index is 974. The van der Waals surface area contributed by atoms with Crippen LogP contribution in [0.2, 0.25) is 10.0 Å². The third kappa shape index (κ3) is 5.81. The summed E-state index contributed by atoms with van der Waals surface area (Å²) in [7, 11) is 1.26. The molecule has 7 nitrogen and oxygen atoms in total. The lowest BCUT2D eigenvalue weighted by Crippen LogP contribution is -2.34. The Balaban J connectivity index is 2.66. The van der Waals surface area contributed by atoms with Gasteiger partial charge >= 0.3 is 11.9 Å². The van der Waals surface area contributed by atoms with Crippen molar-refractivity contribution in [3.05, 3.63) is 56.3 Å². The lowest BCUT2D eigenvalue weighted by atomic mass is 9.80. The van der Waals surface area contributed by atoms with E-state index in [1.807, 2.05) is 0 Å². The van der Waals surface area contributed by atoms with Gasteiger partial charge in [0.05, 0.1) is 53.1 Å². The molecular formula is C22H23Cl2NO6. The van der Waals surface area contributed by atoms with Crippen molar-refractivity contribution in [1.29, 1.82) is 0 Å². The van der Waals surface area contributed by atoms with E-state index in [2.05, 4.69) is 17.2 Å². The third-order valence-corrected chi connectivity index (χ3v) is 5.30. The second kappa shape index (κ2) is 11.8. The Morgan fingerprint density at radius 2 is 1.94 bits per heavy atom. The van der Waals surface area contributed by atoms with Crippen LogP contribution in [0.3, 0.4) is 0 Å². The van der Waals surface area contributed by atoms with Crippen molar-refractivity contribution in [3.63, 3.8) is 0 Å². The van der Waals surface area contributed by atoms with Gasteiger partial charge in [-0.3, -0.25) is 0 Å². The van der Waals surface area contributed by atoms with Gasteiger partial charge in [-0.05, 0) is 25.5 Å². The van der Waals surface area contributed by atoms with Gasteiger partial charge in [0.1, 0.15) is 13.2 Å². The number of methoxy groups -OCH3 is 1. The molecule has 31 heavy (non-hydrogen) atoms. The van der Waals surface area contributed by atoms with Crippen LogP contribution in [-0.2, 0) is 23.8 Å². The SMILES string of the molecule is CCOC(=O)C1=C(COCC#CCO)NC(C)=C(C(=O)OC)C1c1cccc(Cl)c1Cl. The minimum Gasteiger partial charge on any atom is -0.466 e. The monoisotopic (exact) mass is 467 g/mol. The number of ether oxygens (including phenoxy) is 3. The first-order valence-corrected chi connectivity index (χ1v) is 10.2. The fourth-order valence-electron chi connectivity index (χ4n) is 3.21. The number of aliphatic hydroxyl groups excluding tert-OH is 1. The number of rotatable bonds is 7. The van der Waals surface area contributed by atoms with Crippen LogP contribution in [0.15, 0.2) is 40.7 Å². The standard InChI is InChI=1S/C22H23Cl2NO6/c1-4-31-22(28)19-16(12-30-11-6-5-10-26)25-13(2)17(21(27)29-3)18(19)14-8-7-9-15(23)20(14)24/h7-9,18,25-26H,4,10-12H2,1-3H3. The van der Waals surface area contributed by atoms with E-state index in [0.29, 0.717) is 17.0 Å². The average Bonchev–Trinajstić information content (AvgIpc) is 2.74. The number of allylic oxidation sites excluding steroid dienone is 1. The largest absolute Gasteiger partial charge is 0.466 e. The van der Waals surface area contributed by atoms with E-state index in [1.54, 1.807) is 32.0 Å². The molecule has 0 radical (unpaired) electrons. The molecule has 0 aliphatic carbocycles. The minimum atomic E-state index is -0.888. The molecule has 1 aliphatic heterocycles. The lowest BCUT2D eigenvalue weighted by Gasteiger charge is -2.31. The van der Waals surface area contributed by atoms with E-state index >= 15 is 0 Å². The first-order valence-electron chi connectivity index (χ1n) is 9.41. The third-order valence-electron chi connectivity index (χ3n) is 4.46. The quantitative estimate of drug-likeness (QED) is 0.361. The number of nitrogens with one attached hydrogen (secondary N) is 1. The maximum absolute atomic E-state index is 13.0. The molecule has 1 heterocycles. The van der Waals surface area contributed by atoms with Crippen molar-refractivity contribution in [2.75, 3.05) is 33.5 Å². The summed E-state index contributed by atoms with van der Waals surface area (Å²) in [6, 6.07) is 4.98. The van der Waals surface area contributed by atoms with E-state index in [-0.39, 0.29) is 47.6 Å². The maximum atomic E-state index is 13.0. The van der Waals surface area contributed by atoms with E-state index in [4.69, 9.17) is 42.5 Å². The minimum absolute atomic E-state index is 0.0191. The predicted octanol–water partition coefficient (Wildman–Crippen LogP) is 2.96. The van der Waals surface area contributed by atoms with Gasteiger partial charge in [0, 0.05) is 5.70 Å². The van der Waals surface area contributed by atoms with Crippen LogP contribution in [0.5, 0.6) is 0 Å². The van der Waals surface area contributed by atoms with Crippen molar-refractivity contribution in [2.24, 2.45) is 0 Å². The Labute approximate surface area is 190 Å². The van der Waals surface area contributed by atoms with Gasteiger partial charge in [0.15, 0.2) is 0 Å². The molecule has 1 aromatic carbocycles. The Hall–Kier alpha value is -2.50. The Morgan fingerprint density at radius 1 is 1.19 bits per heavy atom. The molecular weight excluding hydrogens is 445 g/mol. The lowest BCUT2D eigenvalue weighted by molar-refractivity contribution is -0.139. The summed E-state index contributed by atoms with van der Waals surface area (Å²) in [6.45, 7) is 3.23. The Morgan fingerprint density at radius 3 is 2.58 bits per heavy atom. The molecule has 0 spiro atoms. The van der Waals surface area contributed by atoms with Crippen LogP contribution in [0, 0.1) is 11.8 Å². The number of carbonyl (C=O) groups excluding carboxylic acids is 2. The molecule has 2 N–H and O–H groups in total. The number of halogens is 2. The number of esters is 2. The highest BCUT2D eigenvalue weighted by atomic mass is 35.5. The number of carbonyl (C=O) groups is 2. The van der Waals surface area contributed by atoms with Gasteiger partial charge in [0.25, 0.3) is 0 Å². The molecule has 1 aliphatic rings. The van der Waals surface area contributed by atoms with E-state index < -0.39 is 17.9 Å². The van der Waals surface area contributed by atoms with Crippen LogP contribution in [-0.4, -0.2) is 50.6 Å². The molecule has 0 saturated heterocycles. The summed E-state index contributed by atoms with van der Waals surface area (Å²) in [5.41, 5.74) is 1.69. The summed E-state index contributed by atoms with van der Waals surface area (Å²) in [4.78, 5) is 25.7. The topological polar surface area (TPSA) is 94.1 Å². The molecule has 2 rings (SSSR count). The predicted molar refractivity (Wildman–Crippen MR) is 116 cm³/mol. The molecule has 0 saturated carbocycles. The van der Waals surface area contributed by atoms with Crippen LogP contribution in [0.25, 0.3) is 0 Å². The molecule has 0 bridgehead atoms. The first-order chi connectivity index (χ1) is 14.9. The van der Waals surface area contributed by atoms with Crippen LogP contribution in [0.4, 0.5) is 0 Å². The van der Waals surface area contributed by atoms with Crippen molar-refractivity contribution in [3.8, 4) is 11.8 Å². The number of benzene rings is 1. The smallest absolute Gasteiger partial charge is 0.336 e. The average molecular weight is 468 g/mol. The Kier molecular flexibility index (Phi) is 9.41. The van der Waals surface area contributed by atoms with E-state index in [0.717, 1.165) is 0 Å². The van der Waals surface area contributed by atoms with Crippen molar-refractivity contribution in [2.45, 2.75) is 19.8 Å². The zero-order valence-electron chi connectivity index (χ0n) is 17.4. The highest BCUT2D eigenvalue weighted by Crippen LogP contribution is 2.43. The normalized spacial score (nSPS) is 15.7. The maximum Gasteiger partial charge on any atom is 0.336 e. The molecule has 0 amide bonds. The number of aliphatic hydroxyl groups is 1. The fourth-order valence-corrected chi connectivity index (χ4v) is 3.62. The number of hydrogen-bond acceptors (Lipinski definition) is 7. The molecule has 1 unspecified atom stereocenters. The summed E-state index contributed by atoms with van der Waals surface area (Å²) in [5.74, 6) is 2.97. The fraction of sp³-hybridized carbons (Fsp3) is 0.364. The van der Waals surface area contributed by atoms with Crippen LogP contribution >= 0.6 is 23.2 Å². The van der Waals surface area contributed by atoms with Crippen LogP contribution in [0.1, 0.15) is 25.3 Å². The van der Waals surface area contributed by atoms with Crippen molar-refractivity contribution in [1.82, 2.24) is 5.32 Å². The van der Waals surface area contributed by atoms with Gasteiger partial charge in [-0.25, -0.2) is 9.59 Å². The van der Waals surface area contributed by atoms with Gasteiger partial charge in [-0.15, -0.1) is 0 Å². The highest BCUT2D eigenvalue weighted by Gasteiger charge is 2.40. The molecule has 166 valence electrons. The molecule has 0 aromatic heterocycles. The highest BCUT2D eigenvalue weighted by molar-refractivity contribution is 6.42. The van der Waals surface area contributed by atoms with Crippen LogP contribution < -0.4 is 5.32 Å². The van der Waals surface area contributed by atoms with E-state index in [9.17, 15) is 9.59 Å². The molecule has 1 aromatic rings. The second-order valence-corrected chi connectivity index (χ2v) is 7.13. The summed E-state index contributed by atoms with van der Waals surface area (Å²) < 4.78 is 15.8. The second-order valence-electron chi connectivity index (χ2n) is 6.35. The van der Waals surface area contributed by atoms with Gasteiger partial charge < -0.3 is 24.6 Å². The molecule has 9 heteroatoms. The summed E-state index contributed by atoms with van der Waals surface area (Å²) in [5, 5.41) is 12.3.